The van der Waals surface area contributed by atoms with Gasteiger partial charge >= 0.3 is 0 Å². The van der Waals surface area contributed by atoms with Crippen LogP contribution in [0, 0.1) is 17.8 Å². The molecule has 0 saturated heterocycles. The van der Waals surface area contributed by atoms with Crippen LogP contribution in [-0.2, 0) is 0 Å². The molecule has 0 aromatic carbocycles. The predicted molar refractivity (Wildman–Crippen MR) is 69.2 cm³/mol. The molecule has 0 radical (unpaired) electrons. The predicted octanol–water partition coefficient (Wildman–Crippen LogP) is 4.23. The van der Waals surface area contributed by atoms with E-state index in [-0.39, 0.29) is 0 Å². The first-order valence-corrected chi connectivity index (χ1v) is 7.56. The van der Waals surface area contributed by atoms with E-state index in [0.29, 0.717) is 5.92 Å². The first kappa shape index (κ1) is 11.8. The van der Waals surface area contributed by atoms with Gasteiger partial charge < -0.3 is 0 Å². The van der Waals surface area contributed by atoms with E-state index in [0.717, 1.165) is 37.5 Å². The van der Waals surface area contributed by atoms with Gasteiger partial charge in [-0.1, -0.05) is 12.2 Å². The largest absolute Gasteiger partial charge is 0.247 e. The lowest BCUT2D eigenvalue weighted by Crippen LogP contribution is -2.15. The summed E-state index contributed by atoms with van der Waals surface area (Å²) in [6, 6.07) is 0. The molecule has 2 saturated carbocycles. The molecule has 0 spiro atoms. The number of hydrogen-bond acceptors (Lipinski definition) is 2. The molecule has 0 bridgehead atoms. The Bertz CT molecular complexity index is 234. The van der Waals surface area contributed by atoms with Crippen LogP contribution in [0.5, 0.6) is 0 Å². The van der Waals surface area contributed by atoms with Crippen LogP contribution >= 0.6 is 24.0 Å². The molecule has 0 amide bonds. The summed E-state index contributed by atoms with van der Waals surface area (Å²) < 4.78 is 14.1. The number of halogens is 1. The zero-order valence-corrected chi connectivity index (χ0v) is 10.9. The molecule has 0 aliphatic heterocycles. The lowest BCUT2D eigenvalue weighted by Gasteiger charge is -2.24. The fourth-order valence-electron chi connectivity index (χ4n) is 2.73. The quantitative estimate of drug-likeness (QED) is 0.683. The van der Waals surface area contributed by atoms with Crippen molar-refractivity contribution in [3.63, 3.8) is 0 Å². The molecule has 2 atom stereocenters. The monoisotopic (exact) mass is 246 g/mol. The molecule has 2 rings (SSSR count). The maximum Gasteiger partial charge on any atom is 0.100 e. The second-order valence-corrected chi connectivity index (χ2v) is 6.53. The maximum atomic E-state index is 12.9. The summed E-state index contributed by atoms with van der Waals surface area (Å²) in [5, 5.41) is 0. The van der Waals surface area contributed by atoms with Crippen LogP contribution in [0.15, 0.2) is 0 Å². The smallest absolute Gasteiger partial charge is 0.100 e. The Morgan fingerprint density at radius 1 is 1.33 bits per heavy atom. The average molecular weight is 246 g/mol. The van der Waals surface area contributed by atoms with Crippen molar-refractivity contribution in [2.24, 2.45) is 17.8 Å². The van der Waals surface area contributed by atoms with E-state index in [4.69, 9.17) is 12.2 Å². The summed E-state index contributed by atoms with van der Waals surface area (Å²) in [5.41, 5.74) is 0. The van der Waals surface area contributed by atoms with Crippen LogP contribution in [0.3, 0.4) is 0 Å². The molecule has 0 nitrogen and oxygen atoms in total. The zero-order chi connectivity index (χ0) is 10.8. The van der Waals surface area contributed by atoms with E-state index in [9.17, 15) is 4.39 Å². The molecular formula is C12H19FS2. The van der Waals surface area contributed by atoms with Gasteiger partial charge in [-0.05, 0) is 56.6 Å². The summed E-state index contributed by atoms with van der Waals surface area (Å²) in [4.78, 5) is 0. The van der Waals surface area contributed by atoms with E-state index >= 15 is 0 Å². The van der Waals surface area contributed by atoms with Crippen molar-refractivity contribution < 1.29 is 4.39 Å². The molecule has 2 fully saturated rings. The first-order valence-electron chi connectivity index (χ1n) is 5.92. The van der Waals surface area contributed by atoms with E-state index in [1.54, 1.807) is 11.8 Å². The third kappa shape index (κ3) is 3.16. The minimum atomic E-state index is -0.511. The standard InChI is InChI=1S/C12H19FS2/c1-15-12(14)11-7-9(11)6-8-2-4-10(13)5-3-8/h8-11H,2-7H2,1H3/t8?,9?,10?,11-/m1/s1. The Hall–Kier alpha value is 0.370. The van der Waals surface area contributed by atoms with Crippen molar-refractivity contribution in [3.8, 4) is 0 Å². The third-order valence-electron chi connectivity index (χ3n) is 3.84. The Morgan fingerprint density at radius 3 is 2.60 bits per heavy atom. The van der Waals surface area contributed by atoms with Gasteiger partial charge in [-0.15, -0.1) is 11.8 Å². The van der Waals surface area contributed by atoms with Crippen LogP contribution in [0.2, 0.25) is 0 Å². The average Bonchev–Trinajstić information content (AvgIpc) is 3.00. The lowest BCUT2D eigenvalue weighted by atomic mass is 9.84. The molecular weight excluding hydrogens is 227 g/mol. The van der Waals surface area contributed by atoms with Crippen LogP contribution in [0.1, 0.15) is 38.5 Å². The normalized spacial score (nSPS) is 40.1. The summed E-state index contributed by atoms with van der Waals surface area (Å²) in [6.45, 7) is 0. The highest BCUT2D eigenvalue weighted by atomic mass is 32.2. The molecule has 2 aliphatic rings. The number of thioether (sulfide) groups is 1. The number of thiocarbonyl (C=S) groups is 1. The minimum absolute atomic E-state index is 0.511. The second kappa shape index (κ2) is 5.13. The van der Waals surface area contributed by atoms with Gasteiger partial charge in [0.2, 0.25) is 0 Å². The van der Waals surface area contributed by atoms with Gasteiger partial charge in [0.15, 0.2) is 0 Å². The Labute approximate surface area is 101 Å². The van der Waals surface area contributed by atoms with Gasteiger partial charge in [-0.25, -0.2) is 4.39 Å². The molecule has 1 unspecified atom stereocenters. The molecule has 2 aliphatic carbocycles. The molecule has 0 heterocycles. The van der Waals surface area contributed by atoms with Crippen molar-refractivity contribution >= 4 is 28.2 Å². The van der Waals surface area contributed by atoms with E-state index < -0.39 is 6.17 Å². The third-order valence-corrected chi connectivity index (χ3v) is 5.35. The molecule has 86 valence electrons. The van der Waals surface area contributed by atoms with E-state index in [2.05, 4.69) is 6.26 Å². The van der Waals surface area contributed by atoms with Gasteiger partial charge in [0.1, 0.15) is 6.17 Å². The first-order chi connectivity index (χ1) is 7.20. The fourth-order valence-corrected chi connectivity index (χ4v) is 3.61. The van der Waals surface area contributed by atoms with Crippen molar-refractivity contribution in [3.05, 3.63) is 0 Å². The Kier molecular flexibility index (Phi) is 4.05. The van der Waals surface area contributed by atoms with Crippen LogP contribution in [0.25, 0.3) is 0 Å². The highest BCUT2D eigenvalue weighted by Crippen LogP contribution is 2.48. The van der Waals surface area contributed by atoms with Gasteiger partial charge in [0, 0.05) is 5.92 Å². The van der Waals surface area contributed by atoms with Gasteiger partial charge in [-0.2, -0.15) is 0 Å². The molecule has 3 heteroatoms. The summed E-state index contributed by atoms with van der Waals surface area (Å²) in [5.74, 6) is 2.33. The lowest BCUT2D eigenvalue weighted by molar-refractivity contribution is 0.197. The highest BCUT2D eigenvalue weighted by Gasteiger charge is 2.41. The molecule has 0 N–H and O–H groups in total. The van der Waals surface area contributed by atoms with Crippen molar-refractivity contribution in [1.82, 2.24) is 0 Å². The molecule has 15 heavy (non-hydrogen) atoms. The number of hydrogen-bond donors (Lipinski definition) is 0. The topological polar surface area (TPSA) is 0 Å². The molecule has 0 aromatic heterocycles. The van der Waals surface area contributed by atoms with E-state index in [1.807, 2.05) is 0 Å². The summed E-state index contributed by atoms with van der Waals surface area (Å²) in [6.07, 6.45) is 7.99. The zero-order valence-electron chi connectivity index (χ0n) is 9.25. The fraction of sp³-hybridized carbons (Fsp3) is 0.917. The van der Waals surface area contributed by atoms with Crippen LogP contribution in [0.4, 0.5) is 4.39 Å². The summed E-state index contributed by atoms with van der Waals surface area (Å²) in [7, 11) is 0. The summed E-state index contributed by atoms with van der Waals surface area (Å²) >= 11 is 7.04. The Balaban J connectivity index is 1.69. The van der Waals surface area contributed by atoms with Gasteiger partial charge in [0.05, 0.1) is 4.20 Å². The maximum absolute atomic E-state index is 12.9. The van der Waals surface area contributed by atoms with Crippen molar-refractivity contribution in [2.75, 3.05) is 6.26 Å². The second-order valence-electron chi connectivity index (χ2n) is 4.98. The van der Waals surface area contributed by atoms with E-state index in [1.165, 1.54) is 17.0 Å². The number of alkyl halides is 1. The highest BCUT2D eigenvalue weighted by molar-refractivity contribution is 8.22. The van der Waals surface area contributed by atoms with Gasteiger partial charge in [-0.3, -0.25) is 0 Å². The van der Waals surface area contributed by atoms with Crippen molar-refractivity contribution in [2.45, 2.75) is 44.7 Å². The van der Waals surface area contributed by atoms with Crippen molar-refractivity contribution in [1.29, 1.82) is 0 Å². The molecule has 0 aromatic rings. The SMILES string of the molecule is CSC(=S)[C@@H]1CC1CC1CCC(F)CC1. The Morgan fingerprint density at radius 2 is 2.00 bits per heavy atom. The van der Waals surface area contributed by atoms with Gasteiger partial charge in [0.25, 0.3) is 0 Å². The minimum Gasteiger partial charge on any atom is -0.247 e. The number of rotatable bonds is 3. The van der Waals surface area contributed by atoms with Crippen LogP contribution in [-0.4, -0.2) is 16.6 Å². The van der Waals surface area contributed by atoms with Crippen LogP contribution < -0.4 is 0 Å².